The Kier molecular flexibility index (Phi) is 3.45. The number of hydrogen-bond acceptors (Lipinski definition) is 3. The topological polar surface area (TPSA) is 58.6 Å². The lowest BCUT2D eigenvalue weighted by atomic mass is 9.86. The van der Waals surface area contributed by atoms with Crippen molar-refractivity contribution in [3.8, 4) is 5.75 Å². The van der Waals surface area contributed by atoms with Gasteiger partial charge < -0.3 is 15.2 Å². The molecular weight excluding hydrogens is 347 g/mol. The van der Waals surface area contributed by atoms with Crippen LogP contribution in [-0.2, 0) is 10.4 Å². The summed E-state index contributed by atoms with van der Waals surface area (Å²) in [7, 11) is 0. The van der Waals surface area contributed by atoms with E-state index >= 15 is 0 Å². The van der Waals surface area contributed by atoms with Crippen LogP contribution < -0.4 is 10.1 Å². The third-order valence-corrected chi connectivity index (χ3v) is 4.36. The van der Waals surface area contributed by atoms with Crippen molar-refractivity contribution in [3.63, 3.8) is 0 Å². The molecule has 0 fully saturated rings. The standard InChI is InChI=1S/C19H12F3NO3/c20-19(21,22)26-14-7-8-16-15(10-14)18(25,17(24)23-16)13-6-5-11-3-1-2-4-12(11)9-13/h1-10,25H,(H,23,24)/t18-/m1/s1. The molecule has 0 aromatic heterocycles. The highest BCUT2D eigenvalue weighted by atomic mass is 19.4. The van der Waals surface area contributed by atoms with E-state index in [1.165, 1.54) is 6.07 Å². The van der Waals surface area contributed by atoms with Crippen LogP contribution in [-0.4, -0.2) is 17.4 Å². The molecule has 1 amide bonds. The molecule has 0 bridgehead atoms. The molecule has 26 heavy (non-hydrogen) atoms. The maximum absolute atomic E-state index is 12.5. The molecule has 0 aliphatic carbocycles. The maximum atomic E-state index is 12.5. The van der Waals surface area contributed by atoms with Crippen molar-refractivity contribution in [2.75, 3.05) is 5.32 Å². The van der Waals surface area contributed by atoms with Gasteiger partial charge in [-0.3, -0.25) is 4.79 Å². The van der Waals surface area contributed by atoms with Crippen LogP contribution in [0.4, 0.5) is 18.9 Å². The number of rotatable bonds is 2. The number of fused-ring (bicyclic) bond motifs is 2. The minimum Gasteiger partial charge on any atom is -0.406 e. The quantitative estimate of drug-likeness (QED) is 0.729. The SMILES string of the molecule is O=C1Nc2ccc(OC(F)(F)F)cc2[C@]1(O)c1ccc2ccccc2c1. The van der Waals surface area contributed by atoms with Crippen molar-refractivity contribution < 1.29 is 27.8 Å². The highest BCUT2D eigenvalue weighted by molar-refractivity contribution is 6.07. The molecule has 1 aliphatic heterocycles. The van der Waals surface area contributed by atoms with Gasteiger partial charge in [-0.05, 0) is 40.6 Å². The minimum atomic E-state index is -4.87. The predicted octanol–water partition coefficient (Wildman–Crippen LogP) is 3.93. The number of ether oxygens (including phenoxy) is 1. The molecule has 0 spiro atoms. The summed E-state index contributed by atoms with van der Waals surface area (Å²) in [6, 6.07) is 15.7. The summed E-state index contributed by atoms with van der Waals surface area (Å²) in [5.74, 6) is -1.24. The Morgan fingerprint density at radius 3 is 2.42 bits per heavy atom. The molecule has 0 saturated carbocycles. The van der Waals surface area contributed by atoms with Crippen LogP contribution in [0.5, 0.6) is 5.75 Å². The third kappa shape index (κ3) is 2.57. The highest BCUT2D eigenvalue weighted by Crippen LogP contribution is 2.43. The second-order valence-electron chi connectivity index (χ2n) is 5.98. The van der Waals surface area contributed by atoms with Crippen LogP contribution in [0, 0.1) is 0 Å². The van der Waals surface area contributed by atoms with Crippen molar-refractivity contribution in [1.29, 1.82) is 0 Å². The maximum Gasteiger partial charge on any atom is 0.573 e. The van der Waals surface area contributed by atoms with Crippen molar-refractivity contribution in [1.82, 2.24) is 0 Å². The average molecular weight is 359 g/mol. The van der Waals surface area contributed by atoms with E-state index < -0.39 is 23.6 Å². The van der Waals surface area contributed by atoms with Crippen molar-refractivity contribution in [2.24, 2.45) is 0 Å². The number of nitrogens with one attached hydrogen (secondary N) is 1. The van der Waals surface area contributed by atoms with Crippen LogP contribution in [0.25, 0.3) is 10.8 Å². The lowest BCUT2D eigenvalue weighted by molar-refractivity contribution is -0.274. The molecule has 7 heteroatoms. The fourth-order valence-electron chi connectivity index (χ4n) is 3.16. The fraction of sp³-hybridized carbons (Fsp3) is 0.105. The zero-order valence-corrected chi connectivity index (χ0v) is 13.2. The molecule has 132 valence electrons. The van der Waals surface area contributed by atoms with E-state index in [1.807, 2.05) is 24.3 Å². The zero-order chi connectivity index (χ0) is 18.5. The summed E-state index contributed by atoms with van der Waals surface area (Å²) in [6.45, 7) is 0. The predicted molar refractivity (Wildman–Crippen MR) is 88.7 cm³/mol. The van der Waals surface area contributed by atoms with Crippen molar-refractivity contribution >= 4 is 22.4 Å². The van der Waals surface area contributed by atoms with Crippen LogP contribution in [0.1, 0.15) is 11.1 Å². The molecular formula is C19H12F3NO3. The van der Waals surface area contributed by atoms with Crippen molar-refractivity contribution in [3.05, 3.63) is 71.8 Å². The number of aliphatic hydroxyl groups is 1. The van der Waals surface area contributed by atoms with E-state index in [0.717, 1.165) is 22.9 Å². The van der Waals surface area contributed by atoms with Gasteiger partial charge in [-0.2, -0.15) is 0 Å². The van der Waals surface area contributed by atoms with E-state index in [4.69, 9.17) is 0 Å². The third-order valence-electron chi connectivity index (χ3n) is 4.36. The first-order valence-electron chi connectivity index (χ1n) is 7.71. The van der Waals surface area contributed by atoms with Gasteiger partial charge in [-0.15, -0.1) is 13.2 Å². The van der Waals surface area contributed by atoms with Gasteiger partial charge in [0.15, 0.2) is 5.60 Å². The molecule has 0 radical (unpaired) electrons. The van der Waals surface area contributed by atoms with E-state index in [9.17, 15) is 23.1 Å². The van der Waals surface area contributed by atoms with Gasteiger partial charge in [-0.1, -0.05) is 36.4 Å². The molecule has 1 aliphatic rings. The first kappa shape index (κ1) is 16.4. The monoisotopic (exact) mass is 359 g/mol. The summed E-state index contributed by atoms with van der Waals surface area (Å²) in [4.78, 5) is 12.5. The Labute approximate surface area is 145 Å². The summed E-state index contributed by atoms with van der Waals surface area (Å²) >= 11 is 0. The van der Waals surface area contributed by atoms with Gasteiger partial charge in [0.2, 0.25) is 0 Å². The number of halogens is 3. The summed E-state index contributed by atoms with van der Waals surface area (Å²) in [5.41, 5.74) is -1.60. The first-order chi connectivity index (χ1) is 12.3. The molecule has 4 nitrogen and oxygen atoms in total. The summed E-state index contributed by atoms with van der Waals surface area (Å²) < 4.78 is 41.4. The van der Waals surface area contributed by atoms with Crippen LogP contribution in [0.15, 0.2) is 60.7 Å². The molecule has 1 atom stereocenters. The fourth-order valence-corrected chi connectivity index (χ4v) is 3.16. The number of amides is 1. The van der Waals surface area contributed by atoms with Crippen LogP contribution in [0.3, 0.4) is 0 Å². The number of carbonyl (C=O) groups is 1. The second-order valence-corrected chi connectivity index (χ2v) is 5.98. The Bertz CT molecular complexity index is 1030. The first-order valence-corrected chi connectivity index (χ1v) is 7.71. The second kappa shape index (κ2) is 5.47. The van der Waals surface area contributed by atoms with Crippen molar-refractivity contribution in [2.45, 2.75) is 12.0 Å². The molecule has 4 rings (SSSR count). The highest BCUT2D eigenvalue weighted by Gasteiger charge is 2.47. The van der Waals surface area contributed by atoms with E-state index in [1.54, 1.807) is 18.2 Å². The Balaban J connectivity index is 1.85. The minimum absolute atomic E-state index is 0.0135. The smallest absolute Gasteiger partial charge is 0.406 e. The lowest BCUT2D eigenvalue weighted by Gasteiger charge is -2.22. The van der Waals surface area contributed by atoms with Crippen LogP contribution in [0.2, 0.25) is 0 Å². The van der Waals surface area contributed by atoms with Gasteiger partial charge in [-0.25, -0.2) is 0 Å². The van der Waals surface area contributed by atoms with Gasteiger partial charge in [0.25, 0.3) is 5.91 Å². The van der Waals surface area contributed by atoms with E-state index in [-0.39, 0.29) is 16.8 Å². The van der Waals surface area contributed by atoms with Gasteiger partial charge in [0, 0.05) is 11.3 Å². The van der Waals surface area contributed by atoms with E-state index in [2.05, 4.69) is 10.1 Å². The van der Waals surface area contributed by atoms with E-state index in [0.29, 0.717) is 0 Å². The number of anilines is 1. The molecule has 0 unspecified atom stereocenters. The largest absolute Gasteiger partial charge is 0.573 e. The van der Waals surface area contributed by atoms with Crippen LogP contribution >= 0.6 is 0 Å². The number of alkyl halides is 3. The molecule has 3 aromatic rings. The number of carbonyl (C=O) groups excluding carboxylic acids is 1. The Morgan fingerprint density at radius 2 is 1.69 bits per heavy atom. The average Bonchev–Trinajstić information content (AvgIpc) is 2.85. The zero-order valence-electron chi connectivity index (χ0n) is 13.2. The number of benzene rings is 3. The molecule has 0 saturated heterocycles. The lowest BCUT2D eigenvalue weighted by Crippen LogP contribution is -2.35. The summed E-state index contributed by atoms with van der Waals surface area (Å²) in [5, 5.41) is 15.3. The van der Waals surface area contributed by atoms with Gasteiger partial charge in [0.05, 0.1) is 0 Å². The number of hydrogen-bond donors (Lipinski definition) is 2. The Morgan fingerprint density at radius 1 is 0.962 bits per heavy atom. The normalized spacial score (nSPS) is 19.3. The molecule has 2 N–H and O–H groups in total. The van der Waals surface area contributed by atoms with Gasteiger partial charge >= 0.3 is 6.36 Å². The van der Waals surface area contributed by atoms with Gasteiger partial charge in [0.1, 0.15) is 5.75 Å². The Hall–Kier alpha value is -3.06. The molecule has 1 heterocycles. The summed E-state index contributed by atoms with van der Waals surface area (Å²) in [6.07, 6.45) is -4.87. The molecule has 3 aromatic carbocycles.